The number of benzene rings is 1. The Kier molecular flexibility index (Phi) is 4.25. The van der Waals surface area contributed by atoms with E-state index in [0.717, 1.165) is 0 Å². The molecule has 100 valence electrons. The number of amides is 1. The number of carbonyl (C=O) groups is 1. The van der Waals surface area contributed by atoms with Crippen LogP contribution in [0.15, 0.2) is 46.8 Å². The van der Waals surface area contributed by atoms with Gasteiger partial charge in [-0.2, -0.15) is 0 Å². The molecule has 0 aliphatic heterocycles. The molecular formula is C11H11N3O3S2. The molecule has 0 aliphatic carbocycles. The molecule has 0 radical (unpaired) electrons. The number of nitrogens with one attached hydrogen (secondary N) is 2. The smallest absolute Gasteiger partial charge is 0.241 e. The van der Waals surface area contributed by atoms with Crippen LogP contribution in [0.2, 0.25) is 0 Å². The first kappa shape index (κ1) is 13.7. The lowest BCUT2D eigenvalue weighted by Gasteiger charge is -2.06. The molecule has 0 fully saturated rings. The van der Waals surface area contributed by atoms with E-state index in [2.05, 4.69) is 15.0 Å². The maximum absolute atomic E-state index is 11.8. The maximum atomic E-state index is 11.8. The Morgan fingerprint density at radius 1 is 1.26 bits per heavy atom. The summed E-state index contributed by atoms with van der Waals surface area (Å²) in [5, 5.41) is 4.63. The van der Waals surface area contributed by atoms with Crippen LogP contribution in [0.5, 0.6) is 0 Å². The Bertz CT molecular complexity index is 639. The van der Waals surface area contributed by atoms with Crippen molar-refractivity contribution < 1.29 is 13.2 Å². The van der Waals surface area contributed by atoms with Crippen molar-refractivity contribution in [3.63, 3.8) is 0 Å². The van der Waals surface area contributed by atoms with E-state index in [1.54, 1.807) is 29.8 Å². The van der Waals surface area contributed by atoms with Gasteiger partial charge in [-0.1, -0.05) is 18.2 Å². The highest BCUT2D eigenvalue weighted by Gasteiger charge is 2.15. The van der Waals surface area contributed by atoms with Crippen molar-refractivity contribution in [1.29, 1.82) is 0 Å². The standard InChI is InChI=1S/C11H11N3O3S2/c15-10(14-11-12-6-7-18-11)8-13-19(16,17)9-4-2-1-3-5-9/h1-7,13H,8H2,(H,12,14,15). The number of sulfonamides is 1. The van der Waals surface area contributed by atoms with Crippen LogP contribution < -0.4 is 10.0 Å². The van der Waals surface area contributed by atoms with Gasteiger partial charge in [0.25, 0.3) is 0 Å². The summed E-state index contributed by atoms with van der Waals surface area (Å²) in [6.07, 6.45) is 1.55. The molecule has 0 aliphatic rings. The number of hydrogen-bond acceptors (Lipinski definition) is 5. The van der Waals surface area contributed by atoms with E-state index in [1.165, 1.54) is 23.5 Å². The van der Waals surface area contributed by atoms with E-state index in [4.69, 9.17) is 0 Å². The molecule has 2 aromatic rings. The molecule has 19 heavy (non-hydrogen) atoms. The maximum Gasteiger partial charge on any atom is 0.241 e. The Labute approximate surface area is 114 Å². The van der Waals surface area contributed by atoms with Crippen LogP contribution >= 0.6 is 11.3 Å². The molecule has 0 unspecified atom stereocenters. The van der Waals surface area contributed by atoms with Gasteiger partial charge in [0.15, 0.2) is 5.13 Å². The lowest BCUT2D eigenvalue weighted by Crippen LogP contribution is -2.32. The molecule has 1 aromatic heterocycles. The first-order valence-electron chi connectivity index (χ1n) is 5.32. The fourth-order valence-corrected chi connectivity index (χ4v) is 2.84. The molecule has 8 heteroatoms. The van der Waals surface area contributed by atoms with Crippen molar-refractivity contribution in [1.82, 2.24) is 9.71 Å². The van der Waals surface area contributed by atoms with Gasteiger partial charge < -0.3 is 5.32 Å². The third kappa shape index (κ3) is 3.85. The van der Waals surface area contributed by atoms with Crippen molar-refractivity contribution in [2.75, 3.05) is 11.9 Å². The highest BCUT2D eigenvalue weighted by atomic mass is 32.2. The van der Waals surface area contributed by atoms with Crippen molar-refractivity contribution in [2.24, 2.45) is 0 Å². The van der Waals surface area contributed by atoms with Crippen molar-refractivity contribution in [3.05, 3.63) is 41.9 Å². The first-order chi connectivity index (χ1) is 9.08. The monoisotopic (exact) mass is 297 g/mol. The van der Waals surface area contributed by atoms with Gasteiger partial charge in [-0.25, -0.2) is 18.1 Å². The summed E-state index contributed by atoms with van der Waals surface area (Å²) in [6, 6.07) is 7.87. The zero-order chi connectivity index (χ0) is 13.7. The second-order valence-corrected chi connectivity index (χ2v) is 6.18. The Balaban J connectivity index is 1.93. The Morgan fingerprint density at radius 2 is 2.00 bits per heavy atom. The molecule has 6 nitrogen and oxygen atoms in total. The second-order valence-electron chi connectivity index (χ2n) is 3.52. The molecule has 2 rings (SSSR count). The molecule has 1 heterocycles. The quantitative estimate of drug-likeness (QED) is 0.863. The van der Waals surface area contributed by atoms with Gasteiger partial charge in [0.05, 0.1) is 11.4 Å². The van der Waals surface area contributed by atoms with Crippen molar-refractivity contribution in [2.45, 2.75) is 4.90 Å². The number of carbonyl (C=O) groups excluding carboxylic acids is 1. The summed E-state index contributed by atoms with van der Waals surface area (Å²) in [5.41, 5.74) is 0. The van der Waals surface area contributed by atoms with E-state index in [1.807, 2.05) is 0 Å². The molecular weight excluding hydrogens is 286 g/mol. The fourth-order valence-electron chi connectivity index (χ4n) is 1.29. The predicted molar refractivity (Wildman–Crippen MR) is 72.4 cm³/mol. The van der Waals surface area contributed by atoms with Crippen LogP contribution in [0, 0.1) is 0 Å². The van der Waals surface area contributed by atoms with Crippen LogP contribution in [0.25, 0.3) is 0 Å². The molecule has 1 amide bonds. The van der Waals surface area contributed by atoms with E-state index < -0.39 is 15.9 Å². The number of nitrogens with zero attached hydrogens (tertiary/aromatic N) is 1. The Morgan fingerprint density at radius 3 is 2.63 bits per heavy atom. The summed E-state index contributed by atoms with van der Waals surface area (Å²) < 4.78 is 25.9. The molecule has 0 saturated heterocycles. The van der Waals surface area contributed by atoms with E-state index in [0.29, 0.717) is 5.13 Å². The van der Waals surface area contributed by atoms with Crippen LogP contribution in [0.4, 0.5) is 5.13 Å². The highest BCUT2D eigenvalue weighted by Crippen LogP contribution is 2.10. The minimum atomic E-state index is -3.66. The minimum Gasteiger partial charge on any atom is -0.301 e. The Hall–Kier alpha value is -1.77. The number of hydrogen-bond donors (Lipinski definition) is 2. The van der Waals surface area contributed by atoms with Gasteiger partial charge in [0, 0.05) is 11.6 Å². The third-order valence-electron chi connectivity index (χ3n) is 2.15. The number of aromatic nitrogens is 1. The third-order valence-corrected chi connectivity index (χ3v) is 4.26. The normalized spacial score (nSPS) is 11.2. The summed E-state index contributed by atoms with van der Waals surface area (Å²) in [6.45, 7) is -0.337. The van der Waals surface area contributed by atoms with Gasteiger partial charge >= 0.3 is 0 Å². The average molecular weight is 297 g/mol. The summed E-state index contributed by atoms with van der Waals surface area (Å²) in [4.78, 5) is 15.5. The van der Waals surface area contributed by atoms with Crippen LogP contribution in [0.3, 0.4) is 0 Å². The lowest BCUT2D eigenvalue weighted by atomic mass is 10.4. The zero-order valence-corrected chi connectivity index (χ0v) is 11.4. The number of thiazole rings is 1. The minimum absolute atomic E-state index is 0.122. The van der Waals surface area contributed by atoms with E-state index in [9.17, 15) is 13.2 Å². The molecule has 0 bridgehead atoms. The lowest BCUT2D eigenvalue weighted by molar-refractivity contribution is -0.115. The van der Waals surface area contributed by atoms with Crippen LogP contribution in [-0.2, 0) is 14.8 Å². The first-order valence-corrected chi connectivity index (χ1v) is 7.68. The van der Waals surface area contributed by atoms with Gasteiger partial charge in [0.2, 0.25) is 15.9 Å². The summed E-state index contributed by atoms with van der Waals surface area (Å²) in [5.74, 6) is -0.463. The van der Waals surface area contributed by atoms with Crippen LogP contribution in [-0.4, -0.2) is 25.9 Å². The van der Waals surface area contributed by atoms with Gasteiger partial charge in [-0.3, -0.25) is 4.79 Å². The average Bonchev–Trinajstić information content (AvgIpc) is 2.90. The van der Waals surface area contributed by atoms with Crippen molar-refractivity contribution >= 4 is 32.4 Å². The van der Waals surface area contributed by atoms with Gasteiger partial charge in [0.1, 0.15) is 0 Å². The number of anilines is 1. The molecule has 2 N–H and O–H groups in total. The van der Waals surface area contributed by atoms with Gasteiger partial charge in [-0.15, -0.1) is 11.3 Å². The van der Waals surface area contributed by atoms with E-state index in [-0.39, 0.29) is 11.4 Å². The van der Waals surface area contributed by atoms with Crippen molar-refractivity contribution in [3.8, 4) is 0 Å². The topological polar surface area (TPSA) is 88.2 Å². The molecule has 0 spiro atoms. The summed E-state index contributed by atoms with van der Waals surface area (Å²) >= 11 is 1.26. The SMILES string of the molecule is O=C(CNS(=O)(=O)c1ccccc1)Nc1nccs1. The highest BCUT2D eigenvalue weighted by molar-refractivity contribution is 7.89. The summed E-state index contributed by atoms with van der Waals surface area (Å²) in [7, 11) is -3.66. The fraction of sp³-hybridized carbons (Fsp3) is 0.0909. The van der Waals surface area contributed by atoms with E-state index >= 15 is 0 Å². The molecule has 0 atom stereocenters. The molecule has 1 aromatic carbocycles. The van der Waals surface area contributed by atoms with Crippen LogP contribution in [0.1, 0.15) is 0 Å². The predicted octanol–water partition coefficient (Wildman–Crippen LogP) is 1.06. The largest absolute Gasteiger partial charge is 0.301 e. The molecule has 0 saturated carbocycles. The van der Waals surface area contributed by atoms with Gasteiger partial charge in [-0.05, 0) is 12.1 Å². The zero-order valence-electron chi connectivity index (χ0n) is 9.74. The second kappa shape index (κ2) is 5.91. The number of rotatable bonds is 5.